The van der Waals surface area contributed by atoms with Crippen LogP contribution in [0.1, 0.15) is 4.88 Å². The van der Waals surface area contributed by atoms with Gasteiger partial charge in [-0.2, -0.15) is 0 Å². The van der Waals surface area contributed by atoms with Gasteiger partial charge in [-0.3, -0.25) is 0 Å². The number of benzene rings is 1. The van der Waals surface area contributed by atoms with E-state index in [1.54, 1.807) is 29.8 Å². The number of fused-ring (bicyclic) bond motifs is 1. The fourth-order valence-electron chi connectivity index (χ4n) is 2.78. The molecule has 4 rings (SSSR count). The van der Waals surface area contributed by atoms with E-state index in [4.69, 9.17) is 15.5 Å². The highest BCUT2D eigenvalue weighted by Crippen LogP contribution is 2.41. The second kappa shape index (κ2) is 5.92. The summed E-state index contributed by atoms with van der Waals surface area (Å²) in [4.78, 5) is 8.10. The van der Waals surface area contributed by atoms with Gasteiger partial charge in [-0.1, -0.05) is 18.2 Å². The predicted molar refractivity (Wildman–Crippen MR) is 104 cm³/mol. The van der Waals surface area contributed by atoms with E-state index in [1.165, 1.54) is 0 Å². The second-order valence-electron chi connectivity index (χ2n) is 5.51. The first kappa shape index (κ1) is 15.2. The summed E-state index contributed by atoms with van der Waals surface area (Å²) in [6.07, 6.45) is 0. The minimum Gasteiger partial charge on any atom is -0.497 e. The number of rotatable bonds is 3. The molecule has 5 heteroatoms. The van der Waals surface area contributed by atoms with E-state index in [-0.39, 0.29) is 0 Å². The summed E-state index contributed by atoms with van der Waals surface area (Å²) < 4.78 is 5.27. The molecule has 0 atom stereocenters. The van der Waals surface area contributed by atoms with Gasteiger partial charge in [-0.25, -0.2) is 4.98 Å². The van der Waals surface area contributed by atoms with Gasteiger partial charge in [0.2, 0.25) is 0 Å². The number of methoxy groups -OCH3 is 1. The predicted octanol–water partition coefficient (Wildman–Crippen LogP) is 5.59. The van der Waals surface area contributed by atoms with Crippen LogP contribution >= 0.6 is 22.7 Å². The van der Waals surface area contributed by atoms with Crippen molar-refractivity contribution < 1.29 is 4.74 Å². The molecule has 3 aromatic heterocycles. The first-order valence-corrected chi connectivity index (χ1v) is 9.25. The first-order chi connectivity index (χ1) is 11.7. The summed E-state index contributed by atoms with van der Waals surface area (Å²) in [5.41, 5.74) is 10.4. The van der Waals surface area contributed by atoms with E-state index in [9.17, 15) is 0 Å². The molecule has 1 aromatic carbocycles. The van der Waals surface area contributed by atoms with Crippen LogP contribution in [0.2, 0.25) is 0 Å². The summed E-state index contributed by atoms with van der Waals surface area (Å²) in [5.74, 6) is 0.844. The molecule has 3 nitrogen and oxygen atoms in total. The molecule has 24 heavy (non-hydrogen) atoms. The molecule has 2 N–H and O–H groups in total. The van der Waals surface area contributed by atoms with Crippen LogP contribution in [0.5, 0.6) is 5.75 Å². The van der Waals surface area contributed by atoms with Gasteiger partial charge in [0, 0.05) is 10.3 Å². The number of nitrogens with zero attached hydrogens (tertiary/aromatic N) is 1. The Labute approximate surface area is 148 Å². The van der Waals surface area contributed by atoms with Crippen molar-refractivity contribution >= 4 is 38.6 Å². The van der Waals surface area contributed by atoms with Gasteiger partial charge in [-0.15, -0.1) is 22.7 Å². The van der Waals surface area contributed by atoms with Crippen molar-refractivity contribution in [1.29, 1.82) is 0 Å². The van der Waals surface area contributed by atoms with E-state index in [1.807, 2.05) is 25.1 Å². The second-order valence-corrected chi connectivity index (χ2v) is 7.66. The van der Waals surface area contributed by atoms with Crippen molar-refractivity contribution in [2.75, 3.05) is 12.8 Å². The molecule has 0 aliphatic heterocycles. The molecular weight excluding hydrogens is 336 g/mol. The highest BCUT2D eigenvalue weighted by atomic mass is 32.1. The Hall–Kier alpha value is -2.37. The summed E-state index contributed by atoms with van der Waals surface area (Å²) >= 11 is 3.35. The van der Waals surface area contributed by atoms with Crippen LogP contribution < -0.4 is 10.5 Å². The lowest BCUT2D eigenvalue weighted by molar-refractivity contribution is 0.415. The third-order valence-electron chi connectivity index (χ3n) is 4.06. The maximum atomic E-state index is 6.35. The SMILES string of the molecule is COc1ccc(-c2cc(-c3cccs3)nc3sc(C)c(N)c23)cc1. The molecule has 3 heterocycles. The Kier molecular flexibility index (Phi) is 3.75. The normalized spacial score (nSPS) is 11.1. The van der Waals surface area contributed by atoms with Crippen LogP contribution in [-0.2, 0) is 0 Å². The number of hydrogen-bond acceptors (Lipinski definition) is 5. The third-order valence-corrected chi connectivity index (χ3v) is 5.97. The van der Waals surface area contributed by atoms with Crippen molar-refractivity contribution in [3.8, 4) is 27.4 Å². The van der Waals surface area contributed by atoms with E-state index in [2.05, 4.69) is 29.6 Å². The maximum Gasteiger partial charge on any atom is 0.127 e. The van der Waals surface area contributed by atoms with Crippen molar-refractivity contribution in [2.24, 2.45) is 0 Å². The molecule has 4 aromatic rings. The van der Waals surface area contributed by atoms with E-state index < -0.39 is 0 Å². The molecule has 0 unspecified atom stereocenters. The summed E-state index contributed by atoms with van der Waals surface area (Å²) in [7, 11) is 1.68. The summed E-state index contributed by atoms with van der Waals surface area (Å²) in [6, 6.07) is 14.4. The van der Waals surface area contributed by atoms with Gasteiger partial charge in [0.05, 0.1) is 23.4 Å². The number of anilines is 1. The van der Waals surface area contributed by atoms with E-state index >= 15 is 0 Å². The molecule has 0 fully saturated rings. The van der Waals surface area contributed by atoms with Crippen molar-refractivity contribution in [1.82, 2.24) is 4.98 Å². The van der Waals surface area contributed by atoms with Crippen LogP contribution in [-0.4, -0.2) is 12.1 Å². The van der Waals surface area contributed by atoms with Gasteiger partial charge in [0.25, 0.3) is 0 Å². The van der Waals surface area contributed by atoms with Crippen LogP contribution in [0.4, 0.5) is 5.69 Å². The van der Waals surface area contributed by atoms with Crippen molar-refractivity contribution in [3.05, 3.63) is 52.7 Å². The zero-order valence-electron chi connectivity index (χ0n) is 13.4. The number of nitrogens with two attached hydrogens (primary N) is 1. The Morgan fingerprint density at radius 1 is 1.12 bits per heavy atom. The van der Waals surface area contributed by atoms with E-state index in [0.717, 1.165) is 48.2 Å². The molecular formula is C19H16N2OS2. The lowest BCUT2D eigenvalue weighted by Crippen LogP contribution is -1.90. The van der Waals surface area contributed by atoms with Crippen LogP contribution in [0.15, 0.2) is 47.8 Å². The third kappa shape index (κ3) is 2.46. The largest absolute Gasteiger partial charge is 0.497 e. The summed E-state index contributed by atoms with van der Waals surface area (Å²) in [5, 5.41) is 3.12. The van der Waals surface area contributed by atoms with Crippen molar-refractivity contribution in [2.45, 2.75) is 6.92 Å². The molecule has 120 valence electrons. The molecule has 0 aliphatic carbocycles. The van der Waals surface area contributed by atoms with E-state index in [0.29, 0.717) is 0 Å². The molecule has 0 radical (unpaired) electrons. The smallest absolute Gasteiger partial charge is 0.127 e. The number of pyridine rings is 1. The summed E-state index contributed by atoms with van der Waals surface area (Å²) in [6.45, 7) is 2.05. The Bertz CT molecular complexity index is 1000. The minimum absolute atomic E-state index is 0.825. The van der Waals surface area contributed by atoms with Crippen molar-refractivity contribution in [3.63, 3.8) is 0 Å². The molecule has 0 aliphatic rings. The first-order valence-electron chi connectivity index (χ1n) is 7.55. The number of aromatic nitrogens is 1. The quantitative estimate of drug-likeness (QED) is 0.523. The topological polar surface area (TPSA) is 48.1 Å². The maximum absolute atomic E-state index is 6.35. The number of aryl methyl sites for hydroxylation is 1. The Morgan fingerprint density at radius 2 is 1.92 bits per heavy atom. The van der Waals surface area contributed by atoms with Crippen LogP contribution in [0.3, 0.4) is 0 Å². The van der Waals surface area contributed by atoms with Crippen LogP contribution in [0, 0.1) is 6.92 Å². The number of ether oxygens (including phenoxy) is 1. The van der Waals surface area contributed by atoms with Crippen LogP contribution in [0.25, 0.3) is 31.9 Å². The lowest BCUT2D eigenvalue weighted by atomic mass is 10.0. The number of hydrogen-bond donors (Lipinski definition) is 1. The van der Waals surface area contributed by atoms with Gasteiger partial charge in [0.15, 0.2) is 0 Å². The fraction of sp³-hybridized carbons (Fsp3) is 0.105. The monoisotopic (exact) mass is 352 g/mol. The molecule has 0 bridgehead atoms. The molecule has 0 spiro atoms. The number of thiophene rings is 2. The highest BCUT2D eigenvalue weighted by Gasteiger charge is 2.16. The Morgan fingerprint density at radius 3 is 2.58 bits per heavy atom. The molecule has 0 amide bonds. The zero-order valence-corrected chi connectivity index (χ0v) is 15.0. The van der Waals surface area contributed by atoms with Gasteiger partial charge in [0.1, 0.15) is 10.6 Å². The van der Waals surface area contributed by atoms with Gasteiger partial charge < -0.3 is 10.5 Å². The molecule has 0 saturated carbocycles. The highest BCUT2D eigenvalue weighted by molar-refractivity contribution is 7.19. The average Bonchev–Trinajstić information content (AvgIpc) is 3.23. The van der Waals surface area contributed by atoms with Gasteiger partial charge >= 0.3 is 0 Å². The Balaban J connectivity index is 2.00. The minimum atomic E-state index is 0.825. The van der Waals surface area contributed by atoms with Gasteiger partial charge in [-0.05, 0) is 47.7 Å². The lowest BCUT2D eigenvalue weighted by Gasteiger charge is -2.09. The average molecular weight is 352 g/mol. The number of nitrogen functional groups attached to an aromatic ring is 1. The standard InChI is InChI=1S/C19H16N2OS2/c1-11-18(20)17-14(12-5-7-13(22-2)8-6-12)10-15(21-19(17)24-11)16-4-3-9-23-16/h3-10H,20H2,1-2H3. The fourth-order valence-corrected chi connectivity index (χ4v) is 4.43. The molecule has 0 saturated heterocycles. The zero-order chi connectivity index (χ0) is 16.7.